The van der Waals surface area contributed by atoms with Gasteiger partial charge in [-0.3, -0.25) is 4.98 Å². The molecule has 2 rings (SSSR count). The van der Waals surface area contributed by atoms with Gasteiger partial charge in [0, 0.05) is 11.6 Å². The van der Waals surface area contributed by atoms with Gasteiger partial charge in [0.1, 0.15) is 0 Å². The van der Waals surface area contributed by atoms with E-state index in [2.05, 4.69) is 10.3 Å². The molecule has 1 aromatic rings. The number of nitrogens with one attached hydrogen (secondary N) is 1. The second-order valence-electron chi connectivity index (χ2n) is 3.49. The molecule has 1 fully saturated rings. The van der Waals surface area contributed by atoms with Crippen molar-refractivity contribution >= 4 is 6.09 Å². The number of nitrogens with zero attached hydrogens (tertiary/aromatic N) is 1. The van der Waals surface area contributed by atoms with E-state index in [-0.39, 0.29) is 6.54 Å². The monoisotopic (exact) mass is 192 g/mol. The zero-order valence-electron chi connectivity index (χ0n) is 7.73. The van der Waals surface area contributed by atoms with Gasteiger partial charge in [0.15, 0.2) is 0 Å². The number of aromatic nitrogens is 1. The molecule has 0 atom stereocenters. The van der Waals surface area contributed by atoms with E-state index >= 15 is 0 Å². The number of hydrogen-bond acceptors (Lipinski definition) is 2. The highest BCUT2D eigenvalue weighted by atomic mass is 16.4. The number of carboxylic acid groups (broad SMARTS) is 1. The van der Waals surface area contributed by atoms with Gasteiger partial charge in [-0.1, -0.05) is 6.07 Å². The van der Waals surface area contributed by atoms with Crippen molar-refractivity contribution in [1.29, 1.82) is 0 Å². The van der Waals surface area contributed by atoms with Crippen LogP contribution in [-0.2, 0) is 6.54 Å². The minimum atomic E-state index is -1.01. The fraction of sp³-hybridized carbons (Fsp3) is 0.400. The largest absolute Gasteiger partial charge is 0.465 e. The molecule has 0 saturated heterocycles. The Hall–Kier alpha value is -1.58. The summed E-state index contributed by atoms with van der Waals surface area (Å²) < 4.78 is 0. The van der Waals surface area contributed by atoms with E-state index in [1.165, 1.54) is 12.8 Å². The Morgan fingerprint density at radius 2 is 2.36 bits per heavy atom. The zero-order chi connectivity index (χ0) is 9.97. The average molecular weight is 192 g/mol. The highest BCUT2D eigenvalue weighted by Gasteiger charge is 2.24. The van der Waals surface area contributed by atoms with Crippen molar-refractivity contribution in [1.82, 2.24) is 10.3 Å². The van der Waals surface area contributed by atoms with E-state index in [0.717, 1.165) is 11.4 Å². The predicted molar refractivity (Wildman–Crippen MR) is 51.1 cm³/mol. The number of pyridine rings is 1. The van der Waals surface area contributed by atoms with Crippen molar-refractivity contribution in [3.05, 3.63) is 29.6 Å². The van der Waals surface area contributed by atoms with Crippen LogP contribution in [0.15, 0.2) is 18.2 Å². The van der Waals surface area contributed by atoms with Crippen molar-refractivity contribution in [3.8, 4) is 0 Å². The van der Waals surface area contributed by atoms with Crippen molar-refractivity contribution in [2.45, 2.75) is 25.3 Å². The van der Waals surface area contributed by atoms with Crippen LogP contribution in [0.5, 0.6) is 0 Å². The molecule has 14 heavy (non-hydrogen) atoms. The van der Waals surface area contributed by atoms with Crippen LogP contribution in [0.2, 0.25) is 0 Å². The molecule has 74 valence electrons. The molecule has 2 N–H and O–H groups in total. The lowest BCUT2D eigenvalue weighted by atomic mass is 10.2. The number of carbonyl (C=O) groups is 1. The summed E-state index contributed by atoms with van der Waals surface area (Å²) in [6.07, 6.45) is 1.41. The van der Waals surface area contributed by atoms with Crippen molar-refractivity contribution in [3.63, 3.8) is 0 Å². The van der Waals surface area contributed by atoms with E-state index in [1.807, 2.05) is 18.2 Å². The van der Waals surface area contributed by atoms with E-state index in [9.17, 15) is 4.79 Å². The first-order chi connectivity index (χ1) is 6.75. The van der Waals surface area contributed by atoms with Crippen molar-refractivity contribution < 1.29 is 9.90 Å². The number of rotatable bonds is 3. The van der Waals surface area contributed by atoms with Crippen LogP contribution < -0.4 is 5.32 Å². The maximum absolute atomic E-state index is 10.3. The first-order valence-electron chi connectivity index (χ1n) is 4.68. The summed E-state index contributed by atoms with van der Waals surface area (Å²) in [4.78, 5) is 14.6. The Morgan fingerprint density at radius 3 is 3.00 bits per heavy atom. The molecule has 1 aliphatic carbocycles. The topological polar surface area (TPSA) is 62.2 Å². The molecule has 1 heterocycles. The summed E-state index contributed by atoms with van der Waals surface area (Å²) >= 11 is 0. The Morgan fingerprint density at radius 1 is 1.57 bits per heavy atom. The van der Waals surface area contributed by atoms with Gasteiger partial charge in [0.05, 0.1) is 12.2 Å². The summed E-state index contributed by atoms with van der Waals surface area (Å²) in [5, 5.41) is 10.7. The van der Waals surface area contributed by atoms with Gasteiger partial charge in [-0.2, -0.15) is 0 Å². The Balaban J connectivity index is 2.02. The fourth-order valence-corrected chi connectivity index (χ4v) is 1.37. The first-order valence-corrected chi connectivity index (χ1v) is 4.68. The van der Waals surface area contributed by atoms with Gasteiger partial charge in [-0.05, 0) is 25.0 Å². The SMILES string of the molecule is O=C(O)NCc1cccc(C2CC2)n1. The van der Waals surface area contributed by atoms with Crippen LogP contribution in [0.3, 0.4) is 0 Å². The van der Waals surface area contributed by atoms with Crippen molar-refractivity contribution in [2.24, 2.45) is 0 Å². The molecule has 0 aromatic carbocycles. The van der Waals surface area contributed by atoms with Gasteiger partial charge < -0.3 is 10.4 Å². The van der Waals surface area contributed by atoms with Crippen molar-refractivity contribution in [2.75, 3.05) is 0 Å². The number of hydrogen-bond donors (Lipinski definition) is 2. The Bertz CT molecular complexity index is 348. The van der Waals surface area contributed by atoms with Gasteiger partial charge in [-0.25, -0.2) is 4.79 Å². The minimum absolute atomic E-state index is 0.288. The second kappa shape index (κ2) is 3.65. The molecule has 4 nitrogen and oxygen atoms in total. The summed E-state index contributed by atoms with van der Waals surface area (Å²) in [5.74, 6) is 0.611. The lowest BCUT2D eigenvalue weighted by molar-refractivity contribution is 0.194. The molecule has 1 aliphatic rings. The second-order valence-corrected chi connectivity index (χ2v) is 3.49. The van der Waals surface area contributed by atoms with Crippen LogP contribution in [0, 0.1) is 0 Å². The summed E-state index contributed by atoms with van der Waals surface area (Å²) in [6, 6.07) is 5.77. The lowest BCUT2D eigenvalue weighted by Crippen LogP contribution is -2.20. The molecule has 4 heteroatoms. The molecule has 0 aliphatic heterocycles. The normalized spacial score (nSPS) is 15.1. The Kier molecular flexibility index (Phi) is 2.35. The summed E-state index contributed by atoms with van der Waals surface area (Å²) in [7, 11) is 0. The van der Waals surface area contributed by atoms with Crippen LogP contribution in [0.25, 0.3) is 0 Å². The number of amides is 1. The minimum Gasteiger partial charge on any atom is -0.465 e. The first kappa shape index (κ1) is 8.99. The summed E-state index contributed by atoms with van der Waals surface area (Å²) in [5.41, 5.74) is 1.88. The smallest absolute Gasteiger partial charge is 0.404 e. The molecule has 1 amide bonds. The standard InChI is InChI=1S/C10H12N2O2/c13-10(14)11-6-8-2-1-3-9(12-8)7-4-5-7/h1-3,7,11H,4-6H2,(H,13,14). The van der Waals surface area contributed by atoms with E-state index < -0.39 is 6.09 Å². The predicted octanol–water partition coefficient (Wildman–Crippen LogP) is 1.73. The van der Waals surface area contributed by atoms with Gasteiger partial charge in [0.25, 0.3) is 0 Å². The molecular weight excluding hydrogens is 180 g/mol. The molecule has 0 spiro atoms. The zero-order valence-corrected chi connectivity index (χ0v) is 7.73. The van der Waals surface area contributed by atoms with E-state index in [1.54, 1.807) is 0 Å². The molecule has 0 unspecified atom stereocenters. The quantitative estimate of drug-likeness (QED) is 0.766. The average Bonchev–Trinajstić information content (AvgIpc) is 2.98. The third-order valence-electron chi connectivity index (χ3n) is 2.24. The molecular formula is C10H12N2O2. The third kappa shape index (κ3) is 2.22. The molecule has 1 aromatic heterocycles. The highest BCUT2D eigenvalue weighted by molar-refractivity contribution is 5.64. The van der Waals surface area contributed by atoms with E-state index in [0.29, 0.717) is 5.92 Å². The maximum atomic E-state index is 10.3. The van der Waals surface area contributed by atoms with Crippen LogP contribution in [0.1, 0.15) is 30.1 Å². The van der Waals surface area contributed by atoms with Gasteiger partial charge in [0.2, 0.25) is 0 Å². The third-order valence-corrected chi connectivity index (χ3v) is 2.24. The molecule has 1 saturated carbocycles. The summed E-state index contributed by atoms with van der Waals surface area (Å²) in [6.45, 7) is 0.288. The fourth-order valence-electron chi connectivity index (χ4n) is 1.37. The van der Waals surface area contributed by atoms with Crippen LogP contribution >= 0.6 is 0 Å². The maximum Gasteiger partial charge on any atom is 0.404 e. The van der Waals surface area contributed by atoms with Crippen LogP contribution in [-0.4, -0.2) is 16.2 Å². The molecule has 0 radical (unpaired) electrons. The lowest BCUT2D eigenvalue weighted by Gasteiger charge is -2.02. The van der Waals surface area contributed by atoms with E-state index in [4.69, 9.17) is 5.11 Å². The van der Waals surface area contributed by atoms with Gasteiger partial charge in [-0.15, -0.1) is 0 Å². The van der Waals surface area contributed by atoms with Gasteiger partial charge >= 0.3 is 6.09 Å². The highest BCUT2D eigenvalue weighted by Crippen LogP contribution is 2.38. The Labute approximate surface area is 82.0 Å². The molecule has 0 bridgehead atoms. The van der Waals surface area contributed by atoms with Crippen LogP contribution in [0.4, 0.5) is 4.79 Å².